The van der Waals surface area contributed by atoms with E-state index in [1.165, 1.54) is 13.0 Å². The first-order valence-electron chi connectivity index (χ1n) is 5.25. The summed E-state index contributed by atoms with van der Waals surface area (Å²) < 4.78 is 39.3. The van der Waals surface area contributed by atoms with Gasteiger partial charge in [0.1, 0.15) is 17.5 Å². The van der Waals surface area contributed by atoms with Crippen LogP contribution in [0.25, 0.3) is 0 Å². The van der Waals surface area contributed by atoms with Crippen LogP contribution in [-0.4, -0.2) is 18.5 Å². The smallest absolute Gasteiger partial charge is 0.242 e. The van der Waals surface area contributed by atoms with Gasteiger partial charge in [-0.3, -0.25) is 4.79 Å². The summed E-state index contributed by atoms with van der Waals surface area (Å²) in [7, 11) is 0. The monoisotopic (exact) mass is 258 g/mol. The van der Waals surface area contributed by atoms with Crippen molar-refractivity contribution in [2.75, 3.05) is 11.9 Å². The van der Waals surface area contributed by atoms with E-state index in [1.807, 2.05) is 0 Å². The minimum atomic E-state index is -1.09. The molecule has 1 unspecified atom stereocenters. The first-order valence-corrected chi connectivity index (χ1v) is 5.25. The number of anilines is 1. The van der Waals surface area contributed by atoms with E-state index in [0.29, 0.717) is 12.1 Å². The molecule has 0 saturated heterocycles. The van der Waals surface area contributed by atoms with Crippen LogP contribution < -0.4 is 10.6 Å². The molecule has 1 aromatic carbocycles. The summed E-state index contributed by atoms with van der Waals surface area (Å²) in [5.41, 5.74) is -0.530. The van der Waals surface area contributed by atoms with Crippen LogP contribution in [0.15, 0.2) is 24.8 Å². The first kappa shape index (κ1) is 14.1. The van der Waals surface area contributed by atoms with Crippen LogP contribution in [0.5, 0.6) is 0 Å². The summed E-state index contributed by atoms with van der Waals surface area (Å²) >= 11 is 0. The second-order valence-corrected chi connectivity index (χ2v) is 3.64. The molecule has 0 radical (unpaired) electrons. The molecule has 0 spiro atoms. The average molecular weight is 258 g/mol. The number of amides is 1. The molecule has 0 fully saturated rings. The highest BCUT2D eigenvalue weighted by Gasteiger charge is 2.17. The van der Waals surface area contributed by atoms with Crippen molar-refractivity contribution in [1.29, 1.82) is 0 Å². The molecule has 6 heteroatoms. The molecular formula is C12H13F3N2O. The lowest BCUT2D eigenvalue weighted by atomic mass is 10.2. The second-order valence-electron chi connectivity index (χ2n) is 3.64. The molecule has 1 atom stereocenters. The summed E-state index contributed by atoms with van der Waals surface area (Å²) in [4.78, 5) is 11.5. The average Bonchev–Trinajstić information content (AvgIpc) is 2.30. The van der Waals surface area contributed by atoms with E-state index in [2.05, 4.69) is 17.2 Å². The Kier molecular flexibility index (Phi) is 4.76. The Morgan fingerprint density at radius 3 is 2.44 bits per heavy atom. The van der Waals surface area contributed by atoms with Crippen LogP contribution in [0.2, 0.25) is 0 Å². The van der Waals surface area contributed by atoms with Gasteiger partial charge in [-0.1, -0.05) is 6.08 Å². The van der Waals surface area contributed by atoms with E-state index in [0.717, 1.165) is 0 Å². The van der Waals surface area contributed by atoms with Crippen molar-refractivity contribution in [3.8, 4) is 0 Å². The van der Waals surface area contributed by atoms with Gasteiger partial charge in [0.15, 0.2) is 11.6 Å². The quantitative estimate of drug-likeness (QED) is 0.795. The molecule has 1 rings (SSSR count). The summed E-state index contributed by atoms with van der Waals surface area (Å²) in [6.07, 6.45) is 1.48. The van der Waals surface area contributed by atoms with Crippen molar-refractivity contribution >= 4 is 11.6 Å². The van der Waals surface area contributed by atoms with Gasteiger partial charge in [0.2, 0.25) is 5.91 Å². The van der Waals surface area contributed by atoms with Crippen molar-refractivity contribution in [2.45, 2.75) is 13.0 Å². The van der Waals surface area contributed by atoms with Crippen LogP contribution in [0.3, 0.4) is 0 Å². The van der Waals surface area contributed by atoms with Gasteiger partial charge in [0.25, 0.3) is 0 Å². The van der Waals surface area contributed by atoms with Crippen LogP contribution in [0.1, 0.15) is 6.92 Å². The highest BCUT2D eigenvalue weighted by atomic mass is 19.1. The van der Waals surface area contributed by atoms with E-state index in [1.54, 1.807) is 0 Å². The van der Waals surface area contributed by atoms with Gasteiger partial charge in [-0.15, -0.1) is 6.58 Å². The molecular weight excluding hydrogens is 245 g/mol. The zero-order valence-corrected chi connectivity index (χ0v) is 9.77. The molecule has 0 heterocycles. The fraction of sp³-hybridized carbons (Fsp3) is 0.250. The standard InChI is InChI=1S/C12H13F3N2O/c1-3-4-16-12(18)7(2)17-11-9(14)5-8(13)6-10(11)15/h3,5-7,17H,1,4H2,2H3,(H,16,18). The van der Waals surface area contributed by atoms with Gasteiger partial charge in [0.05, 0.1) is 0 Å². The van der Waals surface area contributed by atoms with E-state index in [4.69, 9.17) is 0 Å². The van der Waals surface area contributed by atoms with Crippen LogP contribution in [0.4, 0.5) is 18.9 Å². The molecule has 0 aromatic heterocycles. The van der Waals surface area contributed by atoms with Gasteiger partial charge in [0, 0.05) is 18.7 Å². The lowest BCUT2D eigenvalue weighted by molar-refractivity contribution is -0.121. The van der Waals surface area contributed by atoms with Gasteiger partial charge in [-0.2, -0.15) is 0 Å². The number of hydrogen-bond acceptors (Lipinski definition) is 2. The molecule has 1 aromatic rings. The van der Waals surface area contributed by atoms with E-state index >= 15 is 0 Å². The number of benzene rings is 1. The Morgan fingerprint density at radius 2 is 1.94 bits per heavy atom. The summed E-state index contributed by atoms with van der Waals surface area (Å²) in [6.45, 7) is 5.10. The highest BCUT2D eigenvalue weighted by molar-refractivity contribution is 5.84. The predicted molar refractivity (Wildman–Crippen MR) is 62.6 cm³/mol. The minimum absolute atomic E-state index is 0.249. The SMILES string of the molecule is C=CCNC(=O)C(C)Nc1c(F)cc(F)cc1F. The lowest BCUT2D eigenvalue weighted by Gasteiger charge is -2.15. The molecule has 0 bridgehead atoms. The molecule has 0 aliphatic heterocycles. The van der Waals surface area contributed by atoms with E-state index in [-0.39, 0.29) is 6.54 Å². The Bertz CT molecular complexity index is 440. The highest BCUT2D eigenvalue weighted by Crippen LogP contribution is 2.20. The number of rotatable bonds is 5. The third kappa shape index (κ3) is 3.51. The van der Waals surface area contributed by atoms with Gasteiger partial charge in [-0.25, -0.2) is 13.2 Å². The fourth-order valence-corrected chi connectivity index (χ4v) is 1.29. The lowest BCUT2D eigenvalue weighted by Crippen LogP contribution is -2.38. The Balaban J connectivity index is 2.78. The normalized spacial score (nSPS) is 11.8. The Labute approximate surface area is 103 Å². The molecule has 2 N–H and O–H groups in total. The fourth-order valence-electron chi connectivity index (χ4n) is 1.29. The zero-order chi connectivity index (χ0) is 13.7. The molecule has 0 aliphatic rings. The summed E-state index contributed by atoms with van der Waals surface area (Å²) in [5, 5.41) is 4.82. The molecule has 0 saturated carbocycles. The van der Waals surface area contributed by atoms with Gasteiger partial charge in [-0.05, 0) is 6.92 Å². The topological polar surface area (TPSA) is 41.1 Å². The molecule has 18 heavy (non-hydrogen) atoms. The maximum Gasteiger partial charge on any atom is 0.242 e. The van der Waals surface area contributed by atoms with Crippen LogP contribution >= 0.6 is 0 Å². The van der Waals surface area contributed by atoms with Crippen LogP contribution in [0, 0.1) is 17.5 Å². The van der Waals surface area contributed by atoms with Crippen molar-refractivity contribution in [3.63, 3.8) is 0 Å². The van der Waals surface area contributed by atoms with E-state index < -0.39 is 35.1 Å². The van der Waals surface area contributed by atoms with Crippen molar-refractivity contribution in [1.82, 2.24) is 5.32 Å². The summed E-state index contributed by atoms with van der Waals surface area (Å²) in [5.74, 6) is -3.64. The number of carbonyl (C=O) groups is 1. The van der Waals surface area contributed by atoms with E-state index in [9.17, 15) is 18.0 Å². The first-order chi connectivity index (χ1) is 8.45. The Hall–Kier alpha value is -1.98. The second kappa shape index (κ2) is 6.09. The van der Waals surface area contributed by atoms with Crippen molar-refractivity contribution in [3.05, 3.63) is 42.2 Å². The molecule has 98 valence electrons. The maximum absolute atomic E-state index is 13.3. The minimum Gasteiger partial charge on any atom is -0.369 e. The van der Waals surface area contributed by atoms with Gasteiger partial charge >= 0.3 is 0 Å². The largest absolute Gasteiger partial charge is 0.369 e. The molecule has 0 aliphatic carbocycles. The zero-order valence-electron chi connectivity index (χ0n) is 9.77. The number of nitrogens with one attached hydrogen (secondary N) is 2. The van der Waals surface area contributed by atoms with Crippen molar-refractivity contribution in [2.24, 2.45) is 0 Å². The van der Waals surface area contributed by atoms with Gasteiger partial charge < -0.3 is 10.6 Å². The van der Waals surface area contributed by atoms with Crippen molar-refractivity contribution < 1.29 is 18.0 Å². The van der Waals surface area contributed by atoms with Crippen LogP contribution in [-0.2, 0) is 4.79 Å². The number of carbonyl (C=O) groups excluding carboxylic acids is 1. The maximum atomic E-state index is 13.3. The molecule has 3 nitrogen and oxygen atoms in total. The third-order valence-electron chi connectivity index (χ3n) is 2.18. The Morgan fingerprint density at radius 1 is 1.39 bits per heavy atom. The predicted octanol–water partition coefficient (Wildman–Crippen LogP) is 2.21. The summed E-state index contributed by atoms with van der Waals surface area (Å²) in [6, 6.07) is 0.221. The number of hydrogen-bond donors (Lipinski definition) is 2. The third-order valence-corrected chi connectivity index (χ3v) is 2.18. The number of halogens is 3. The molecule has 1 amide bonds.